The Morgan fingerprint density at radius 3 is 2.68 bits per heavy atom. The Morgan fingerprint density at radius 1 is 1.27 bits per heavy atom. The van der Waals surface area contributed by atoms with E-state index in [1.54, 1.807) is 6.92 Å². The monoisotopic (exact) mass is 301 g/mol. The van der Waals surface area contributed by atoms with Gasteiger partial charge in [0.25, 0.3) is 0 Å². The van der Waals surface area contributed by atoms with E-state index in [1.165, 1.54) is 18.3 Å². The number of rotatable bonds is 6. The van der Waals surface area contributed by atoms with Crippen molar-refractivity contribution in [2.75, 3.05) is 6.61 Å². The lowest BCUT2D eigenvalue weighted by atomic mass is 10.1. The summed E-state index contributed by atoms with van der Waals surface area (Å²) >= 11 is 0. The van der Waals surface area contributed by atoms with Crippen LogP contribution >= 0.6 is 0 Å². The fourth-order valence-corrected chi connectivity index (χ4v) is 2.12. The van der Waals surface area contributed by atoms with E-state index in [1.807, 2.05) is 37.3 Å². The van der Waals surface area contributed by atoms with Crippen LogP contribution in [0.25, 0.3) is 0 Å². The normalized spacial score (nSPS) is 11.7. The summed E-state index contributed by atoms with van der Waals surface area (Å²) in [6, 6.07) is 12.9. The van der Waals surface area contributed by atoms with Crippen LogP contribution in [-0.4, -0.2) is 18.7 Å². The van der Waals surface area contributed by atoms with E-state index in [-0.39, 0.29) is 18.4 Å². The van der Waals surface area contributed by atoms with Gasteiger partial charge in [-0.3, -0.25) is 0 Å². The van der Waals surface area contributed by atoms with Crippen molar-refractivity contribution in [3.8, 4) is 5.75 Å². The summed E-state index contributed by atoms with van der Waals surface area (Å²) in [7, 11) is 0. The molecule has 5 nitrogen and oxygen atoms in total. The smallest absolute Gasteiger partial charge is 0.405 e. The minimum atomic E-state index is -0.654. The molecule has 0 N–H and O–H groups in total. The fourth-order valence-electron chi connectivity index (χ4n) is 2.12. The first-order valence-corrected chi connectivity index (χ1v) is 7.21. The Bertz CT molecular complexity index is 628. The van der Waals surface area contributed by atoms with Gasteiger partial charge < -0.3 is 14.7 Å². The Kier molecular flexibility index (Phi) is 5.36. The molecule has 0 amide bonds. The average Bonchev–Trinajstić information content (AvgIpc) is 2.50. The summed E-state index contributed by atoms with van der Waals surface area (Å²) in [4.78, 5) is 11.7. The molecule has 1 atom stereocenters. The maximum Gasteiger partial charge on any atom is 0.405 e. The van der Waals surface area contributed by atoms with E-state index in [0.29, 0.717) is 10.5 Å². The molecule has 2 aromatic rings. The predicted octanol–water partition coefficient (Wildman–Crippen LogP) is 2.51. The number of hydrogen-bond donors (Lipinski definition) is 0. The quantitative estimate of drug-likeness (QED) is 0.467. The highest BCUT2D eigenvalue weighted by atomic mass is 16.5. The van der Waals surface area contributed by atoms with Gasteiger partial charge in [0.2, 0.25) is 0 Å². The molecule has 0 saturated heterocycles. The minimum absolute atomic E-state index is 0.0775. The first kappa shape index (κ1) is 15.8. The molecular weight excluding hydrogens is 282 g/mol. The highest BCUT2D eigenvalue weighted by Crippen LogP contribution is 2.15. The number of pyridine rings is 1. The molecule has 0 radical (unpaired) electrons. The number of aromatic nitrogens is 1. The standard InChI is InChI=1S/C17H19NO4/c1-3-21-17(19)16-12-15(9-10-18(16)20)22-13(2)11-14-7-5-4-6-8-14/h4-10,12-13H,3,11H2,1-2H3/t13-/m0/s1. The number of esters is 1. The second-order valence-corrected chi connectivity index (χ2v) is 4.91. The Balaban J connectivity index is 2.06. The Morgan fingerprint density at radius 2 is 2.00 bits per heavy atom. The van der Waals surface area contributed by atoms with Crippen LogP contribution in [-0.2, 0) is 11.2 Å². The van der Waals surface area contributed by atoms with Crippen molar-refractivity contribution in [2.24, 2.45) is 0 Å². The van der Waals surface area contributed by atoms with Crippen LogP contribution in [0.4, 0.5) is 0 Å². The summed E-state index contributed by atoms with van der Waals surface area (Å²) < 4.78 is 11.1. The van der Waals surface area contributed by atoms with Crippen LogP contribution < -0.4 is 9.47 Å². The Labute approximate surface area is 129 Å². The topological polar surface area (TPSA) is 62.5 Å². The van der Waals surface area contributed by atoms with E-state index in [4.69, 9.17) is 9.47 Å². The molecule has 22 heavy (non-hydrogen) atoms. The van der Waals surface area contributed by atoms with Gasteiger partial charge in [-0.25, -0.2) is 4.79 Å². The number of carbonyl (C=O) groups excluding carboxylic acids is 1. The molecular formula is C17H19NO4. The maximum atomic E-state index is 11.7. The van der Waals surface area contributed by atoms with Gasteiger partial charge in [0, 0.05) is 12.5 Å². The summed E-state index contributed by atoms with van der Waals surface area (Å²) in [5, 5.41) is 11.6. The van der Waals surface area contributed by atoms with Crippen LogP contribution in [0.5, 0.6) is 5.75 Å². The number of carbonyl (C=O) groups is 1. The SMILES string of the molecule is CCOC(=O)c1cc(O[C@@H](C)Cc2ccccc2)cc[n+]1[O-]. The molecule has 0 aliphatic heterocycles. The molecule has 0 aliphatic rings. The van der Waals surface area contributed by atoms with Gasteiger partial charge in [-0.15, -0.1) is 0 Å². The second kappa shape index (κ2) is 7.45. The van der Waals surface area contributed by atoms with Gasteiger partial charge in [0.1, 0.15) is 5.75 Å². The van der Waals surface area contributed by atoms with E-state index in [0.717, 1.165) is 12.0 Å². The van der Waals surface area contributed by atoms with Crippen molar-refractivity contribution < 1.29 is 19.0 Å². The highest BCUT2D eigenvalue weighted by Gasteiger charge is 2.19. The van der Waals surface area contributed by atoms with E-state index >= 15 is 0 Å². The molecule has 0 bridgehead atoms. The van der Waals surface area contributed by atoms with Crippen LogP contribution in [0.15, 0.2) is 48.7 Å². The van der Waals surface area contributed by atoms with Gasteiger partial charge >= 0.3 is 11.7 Å². The molecule has 1 heterocycles. The largest absolute Gasteiger partial charge is 0.618 e. The number of benzene rings is 1. The van der Waals surface area contributed by atoms with Gasteiger partial charge in [0.15, 0.2) is 6.20 Å². The molecule has 0 unspecified atom stereocenters. The number of ether oxygens (including phenoxy) is 2. The lowest BCUT2D eigenvalue weighted by Crippen LogP contribution is -2.35. The molecule has 0 fully saturated rings. The molecule has 1 aromatic heterocycles. The lowest BCUT2D eigenvalue weighted by Gasteiger charge is -2.15. The highest BCUT2D eigenvalue weighted by molar-refractivity contribution is 5.86. The van der Waals surface area contributed by atoms with Gasteiger partial charge in [-0.05, 0) is 19.4 Å². The third-order valence-corrected chi connectivity index (χ3v) is 3.08. The first-order valence-electron chi connectivity index (χ1n) is 7.21. The maximum absolute atomic E-state index is 11.7. The van der Waals surface area contributed by atoms with Crippen LogP contribution in [0.1, 0.15) is 29.9 Å². The molecule has 2 rings (SSSR count). The van der Waals surface area contributed by atoms with Crippen molar-refractivity contribution in [1.82, 2.24) is 0 Å². The van der Waals surface area contributed by atoms with E-state index in [2.05, 4.69) is 0 Å². The predicted molar refractivity (Wildman–Crippen MR) is 81.6 cm³/mol. The third-order valence-electron chi connectivity index (χ3n) is 3.08. The Hall–Kier alpha value is -2.56. The summed E-state index contributed by atoms with van der Waals surface area (Å²) in [6.07, 6.45) is 1.90. The second-order valence-electron chi connectivity index (χ2n) is 4.91. The summed E-state index contributed by atoms with van der Waals surface area (Å²) in [5.41, 5.74) is 1.08. The van der Waals surface area contributed by atoms with Gasteiger partial charge in [-0.1, -0.05) is 30.3 Å². The molecule has 1 aromatic carbocycles. The summed E-state index contributed by atoms with van der Waals surface area (Å²) in [6.45, 7) is 3.85. The summed E-state index contributed by atoms with van der Waals surface area (Å²) in [5.74, 6) is -0.183. The zero-order valence-electron chi connectivity index (χ0n) is 12.7. The molecule has 0 saturated carbocycles. The molecule has 0 spiro atoms. The zero-order chi connectivity index (χ0) is 15.9. The molecule has 116 valence electrons. The van der Waals surface area contributed by atoms with Crippen molar-refractivity contribution in [1.29, 1.82) is 0 Å². The zero-order valence-corrected chi connectivity index (χ0v) is 12.7. The van der Waals surface area contributed by atoms with Crippen molar-refractivity contribution in [3.05, 3.63) is 65.1 Å². The number of hydrogen-bond acceptors (Lipinski definition) is 4. The first-order chi connectivity index (χ1) is 10.6. The molecule has 5 heteroatoms. The minimum Gasteiger partial charge on any atom is -0.618 e. The third kappa shape index (κ3) is 4.22. The van der Waals surface area contributed by atoms with Gasteiger partial charge in [-0.2, -0.15) is 4.73 Å². The lowest BCUT2D eigenvalue weighted by molar-refractivity contribution is -0.608. The van der Waals surface area contributed by atoms with Crippen molar-refractivity contribution in [2.45, 2.75) is 26.4 Å². The van der Waals surface area contributed by atoms with Gasteiger partial charge in [0.05, 0.1) is 18.8 Å². The van der Waals surface area contributed by atoms with E-state index < -0.39 is 5.97 Å². The van der Waals surface area contributed by atoms with Crippen LogP contribution in [0.3, 0.4) is 0 Å². The van der Waals surface area contributed by atoms with Crippen LogP contribution in [0.2, 0.25) is 0 Å². The number of nitrogens with zero attached hydrogens (tertiary/aromatic N) is 1. The average molecular weight is 301 g/mol. The van der Waals surface area contributed by atoms with Crippen molar-refractivity contribution in [3.63, 3.8) is 0 Å². The molecule has 0 aliphatic carbocycles. The van der Waals surface area contributed by atoms with Crippen molar-refractivity contribution >= 4 is 5.97 Å². The van der Waals surface area contributed by atoms with Crippen LogP contribution in [0, 0.1) is 5.21 Å². The van der Waals surface area contributed by atoms with E-state index in [9.17, 15) is 10.0 Å². The fraction of sp³-hybridized carbons (Fsp3) is 0.294.